The number of nitrogens with zero attached hydrogens (tertiary/aromatic N) is 2. The van der Waals surface area contributed by atoms with Crippen LogP contribution in [0.15, 0.2) is 18.2 Å². The van der Waals surface area contributed by atoms with E-state index in [0.29, 0.717) is 13.2 Å². The Morgan fingerprint density at radius 1 is 1.17 bits per heavy atom. The number of hydrogen-bond acceptors (Lipinski definition) is 14. The van der Waals surface area contributed by atoms with E-state index >= 15 is 0 Å². The van der Waals surface area contributed by atoms with Crippen LogP contribution in [0.1, 0.15) is 68.8 Å². The predicted molar refractivity (Wildman–Crippen MR) is 154 cm³/mol. The largest absolute Gasteiger partial charge is 0.507 e. The van der Waals surface area contributed by atoms with E-state index in [-0.39, 0.29) is 41.0 Å². The molecule has 2 aliphatic heterocycles. The van der Waals surface area contributed by atoms with Crippen LogP contribution < -0.4 is 4.74 Å². The van der Waals surface area contributed by atoms with Crippen molar-refractivity contribution in [2.24, 2.45) is 0 Å². The topological polar surface area (TPSA) is 216 Å². The van der Waals surface area contributed by atoms with Gasteiger partial charge < -0.3 is 44.5 Å². The fourth-order valence-electron chi connectivity index (χ4n) is 7.15. The molecule has 2 unspecified atom stereocenters. The molecule has 0 saturated carbocycles. The van der Waals surface area contributed by atoms with Gasteiger partial charge in [-0.25, -0.2) is 0 Å². The molecule has 4 aliphatic rings. The van der Waals surface area contributed by atoms with E-state index < -0.39 is 102 Å². The molecule has 14 heteroatoms. The molecular formula is C32H34N2O12. The van der Waals surface area contributed by atoms with Crippen molar-refractivity contribution in [1.82, 2.24) is 4.90 Å². The minimum absolute atomic E-state index is 0.0293. The molecule has 7 atom stereocenters. The molecule has 0 spiro atoms. The van der Waals surface area contributed by atoms with Crippen molar-refractivity contribution in [2.45, 2.75) is 68.5 Å². The van der Waals surface area contributed by atoms with E-state index in [2.05, 4.69) is 6.07 Å². The van der Waals surface area contributed by atoms with Gasteiger partial charge in [0, 0.05) is 48.5 Å². The highest BCUT2D eigenvalue weighted by molar-refractivity contribution is 6.31. The summed E-state index contributed by atoms with van der Waals surface area (Å²) in [5, 5.41) is 65.1. The third-order valence-electron chi connectivity index (χ3n) is 9.48. The summed E-state index contributed by atoms with van der Waals surface area (Å²) in [5.74, 6) is -3.87. The lowest BCUT2D eigenvalue weighted by molar-refractivity contribution is -0.262. The summed E-state index contributed by atoms with van der Waals surface area (Å²) >= 11 is 0. The maximum absolute atomic E-state index is 13.9. The minimum Gasteiger partial charge on any atom is -0.507 e. The van der Waals surface area contributed by atoms with Crippen LogP contribution in [0.4, 0.5) is 0 Å². The zero-order valence-corrected chi connectivity index (χ0v) is 25.1. The first-order valence-corrected chi connectivity index (χ1v) is 14.9. The van der Waals surface area contributed by atoms with Gasteiger partial charge in [0.05, 0.1) is 61.4 Å². The number of phenolic OH excluding ortho intramolecular Hbond substituents is 2. The summed E-state index contributed by atoms with van der Waals surface area (Å²) in [5.41, 5.74) is -3.78. The normalized spacial score (nSPS) is 31.0. The van der Waals surface area contributed by atoms with Crippen LogP contribution in [0.2, 0.25) is 0 Å². The van der Waals surface area contributed by atoms with Gasteiger partial charge in [-0.2, -0.15) is 5.26 Å². The van der Waals surface area contributed by atoms with Crippen LogP contribution in [0, 0.1) is 11.3 Å². The molecule has 2 aliphatic carbocycles. The van der Waals surface area contributed by atoms with Crippen molar-refractivity contribution in [3.8, 4) is 23.3 Å². The molecule has 0 bridgehead atoms. The number of ether oxygens (including phenoxy) is 4. The van der Waals surface area contributed by atoms with Gasteiger partial charge in [0.15, 0.2) is 17.9 Å². The van der Waals surface area contributed by atoms with E-state index in [9.17, 15) is 45.2 Å². The fourth-order valence-corrected chi connectivity index (χ4v) is 7.15. The maximum atomic E-state index is 13.9. The number of benzene rings is 2. The number of Topliss-reactive ketones (excluding diaryl/α,β-unsaturated/α-hetero) is 1. The number of carbonyl (C=O) groups excluding carboxylic acids is 3. The summed E-state index contributed by atoms with van der Waals surface area (Å²) in [6.07, 6.45) is -5.39. The lowest BCUT2D eigenvalue weighted by Crippen LogP contribution is -2.60. The van der Waals surface area contributed by atoms with Crippen LogP contribution in [-0.4, -0.2) is 117 Å². The summed E-state index contributed by atoms with van der Waals surface area (Å²) in [4.78, 5) is 42.2. The van der Waals surface area contributed by atoms with E-state index in [1.807, 2.05) is 0 Å². The van der Waals surface area contributed by atoms with Gasteiger partial charge in [-0.3, -0.25) is 19.3 Å². The first-order valence-electron chi connectivity index (χ1n) is 14.9. The number of aromatic hydroxyl groups is 2. The summed E-state index contributed by atoms with van der Waals surface area (Å²) in [7, 11) is 1.32. The van der Waals surface area contributed by atoms with E-state index in [0.717, 1.165) is 0 Å². The van der Waals surface area contributed by atoms with Crippen LogP contribution in [0.3, 0.4) is 0 Å². The van der Waals surface area contributed by atoms with E-state index in [1.54, 1.807) is 11.8 Å². The molecule has 244 valence electrons. The average molecular weight is 639 g/mol. The number of nitriles is 1. The lowest BCUT2D eigenvalue weighted by Gasteiger charge is -2.47. The number of fused-ring (bicyclic) bond motifs is 3. The van der Waals surface area contributed by atoms with Gasteiger partial charge in [0.25, 0.3) is 0 Å². The molecule has 0 aromatic heterocycles. The number of methoxy groups -OCH3 is 1. The number of aliphatic hydroxyl groups is 3. The van der Waals surface area contributed by atoms with E-state index in [4.69, 9.17) is 18.9 Å². The Balaban J connectivity index is 1.44. The Morgan fingerprint density at radius 3 is 2.61 bits per heavy atom. The molecular weight excluding hydrogens is 604 g/mol. The average Bonchev–Trinajstić information content (AvgIpc) is 3.05. The van der Waals surface area contributed by atoms with Gasteiger partial charge in [-0.15, -0.1) is 0 Å². The number of hydrogen-bond donors (Lipinski definition) is 5. The molecule has 14 nitrogen and oxygen atoms in total. The van der Waals surface area contributed by atoms with Crippen LogP contribution in [0.25, 0.3) is 0 Å². The third-order valence-corrected chi connectivity index (χ3v) is 9.48. The Labute approximate surface area is 263 Å². The molecule has 2 fully saturated rings. The van der Waals surface area contributed by atoms with Gasteiger partial charge in [-0.05, 0) is 13.0 Å². The minimum atomic E-state index is -2.29. The number of phenols is 2. The lowest BCUT2D eigenvalue weighted by atomic mass is 9.72. The van der Waals surface area contributed by atoms with Gasteiger partial charge in [-0.1, -0.05) is 12.1 Å². The highest BCUT2D eigenvalue weighted by atomic mass is 16.7. The van der Waals surface area contributed by atoms with Crippen molar-refractivity contribution < 1.29 is 58.9 Å². The van der Waals surface area contributed by atoms with Crippen molar-refractivity contribution in [1.29, 1.82) is 5.26 Å². The van der Waals surface area contributed by atoms with Crippen LogP contribution >= 0.6 is 0 Å². The summed E-state index contributed by atoms with van der Waals surface area (Å²) < 4.78 is 23.0. The number of morpholine rings is 1. The summed E-state index contributed by atoms with van der Waals surface area (Å²) in [6, 6.07) is 5.28. The SMILES string of the molecule is COc1cccc2c1C(=O)c1c(O)c3c(c(O)c1C2=O)C[C@@](O)(C(=O)CO)C[C@@H]3O[C@H]1C[C@@H](N2CCOCC2C#N)[C@H](O)C(C)O1. The van der Waals surface area contributed by atoms with Crippen molar-refractivity contribution in [3.05, 3.63) is 51.6 Å². The van der Waals surface area contributed by atoms with Crippen LogP contribution in [0.5, 0.6) is 17.2 Å². The number of carbonyl (C=O) groups is 3. The van der Waals surface area contributed by atoms with Crippen molar-refractivity contribution in [2.75, 3.05) is 33.5 Å². The quantitative estimate of drug-likeness (QED) is 0.229. The molecule has 0 amide bonds. The van der Waals surface area contributed by atoms with Crippen LogP contribution in [-0.2, 0) is 25.4 Å². The number of ketones is 3. The highest BCUT2D eigenvalue weighted by Crippen LogP contribution is 2.52. The first-order chi connectivity index (χ1) is 21.9. The maximum Gasteiger partial charge on any atom is 0.202 e. The number of aliphatic hydroxyl groups excluding tert-OH is 2. The van der Waals surface area contributed by atoms with Crippen molar-refractivity contribution >= 4 is 17.3 Å². The summed E-state index contributed by atoms with van der Waals surface area (Å²) in [6.45, 7) is 1.42. The highest BCUT2D eigenvalue weighted by Gasteiger charge is 2.51. The van der Waals surface area contributed by atoms with Gasteiger partial charge in [0.1, 0.15) is 35.5 Å². The Morgan fingerprint density at radius 2 is 1.91 bits per heavy atom. The molecule has 6 rings (SSSR count). The Kier molecular flexibility index (Phi) is 8.36. The molecule has 2 heterocycles. The van der Waals surface area contributed by atoms with E-state index in [1.165, 1.54) is 25.3 Å². The molecule has 2 aromatic carbocycles. The second-order valence-electron chi connectivity index (χ2n) is 12.0. The molecule has 5 N–H and O–H groups in total. The third kappa shape index (κ3) is 4.96. The fraction of sp³-hybridized carbons (Fsp3) is 0.500. The zero-order valence-electron chi connectivity index (χ0n) is 25.1. The monoisotopic (exact) mass is 638 g/mol. The molecule has 2 aromatic rings. The van der Waals surface area contributed by atoms with Gasteiger partial charge in [0.2, 0.25) is 5.78 Å². The smallest absolute Gasteiger partial charge is 0.202 e. The first kappa shape index (κ1) is 32.0. The zero-order chi connectivity index (χ0) is 33.1. The predicted octanol–water partition coefficient (Wildman–Crippen LogP) is 0.267. The molecule has 2 saturated heterocycles. The molecule has 0 radical (unpaired) electrons. The van der Waals surface area contributed by atoms with Crippen molar-refractivity contribution in [3.63, 3.8) is 0 Å². The second-order valence-corrected chi connectivity index (χ2v) is 12.0. The Bertz CT molecular complexity index is 1650. The number of rotatable bonds is 6. The second kappa shape index (κ2) is 12.0. The molecule has 46 heavy (non-hydrogen) atoms. The Hall–Kier alpha value is -3.94. The standard InChI is InChI=1S/C32H34N2O12/c1-14-27(37)18(34-6-7-44-13-15(34)11-33)8-22(45-14)46-20-10-32(42,21(36)12-35)9-17-24(20)31(41)26-25(29(17)39)28(38)16-4-3-5-19(43-2)23(16)30(26)40/h3-5,14-15,18,20,22,27,35,37,39,41-42H,6-10,12-13H2,1-2H3/t14?,15?,18-,20+,22+,27-,32+/m1/s1. The van der Waals surface area contributed by atoms with Gasteiger partial charge >= 0.3 is 0 Å².